The smallest absolute Gasteiger partial charge is 0.194 e. The van der Waals surface area contributed by atoms with Gasteiger partial charge in [-0.25, -0.2) is 4.99 Å². The molecule has 0 saturated carbocycles. The monoisotopic (exact) mass is 498 g/mol. The molecule has 1 aliphatic heterocycles. The van der Waals surface area contributed by atoms with Gasteiger partial charge in [0.2, 0.25) is 0 Å². The van der Waals surface area contributed by atoms with E-state index in [0.717, 1.165) is 55.2 Å². The average molecular weight is 498 g/mol. The number of hydrogen-bond acceptors (Lipinski definition) is 4. The number of aliphatic imine (C=N–C) groups is 1. The van der Waals surface area contributed by atoms with Crippen LogP contribution in [0.25, 0.3) is 11.3 Å². The molecule has 2 aromatic rings. The SMILES string of the molecule is CCNC(=NCc1cc(-c2ccccc2)on1)N(C)CCC1CCOCC1.I. The van der Waals surface area contributed by atoms with E-state index < -0.39 is 0 Å². The summed E-state index contributed by atoms with van der Waals surface area (Å²) in [5, 5.41) is 7.53. The number of benzene rings is 1. The molecule has 1 N–H and O–H groups in total. The van der Waals surface area contributed by atoms with Crippen molar-refractivity contribution >= 4 is 29.9 Å². The summed E-state index contributed by atoms with van der Waals surface area (Å²) < 4.78 is 10.9. The van der Waals surface area contributed by atoms with Crippen LogP contribution in [0.5, 0.6) is 0 Å². The number of aromatic nitrogens is 1. The van der Waals surface area contributed by atoms with Gasteiger partial charge in [-0.1, -0.05) is 35.5 Å². The van der Waals surface area contributed by atoms with Gasteiger partial charge in [-0.15, -0.1) is 24.0 Å². The lowest BCUT2D eigenvalue weighted by molar-refractivity contribution is 0.0625. The zero-order chi connectivity index (χ0) is 18.9. The van der Waals surface area contributed by atoms with Crippen LogP contribution in [0.1, 0.15) is 31.9 Å². The first kappa shape index (κ1) is 22.7. The van der Waals surface area contributed by atoms with Gasteiger partial charge in [0.15, 0.2) is 11.7 Å². The van der Waals surface area contributed by atoms with Gasteiger partial charge in [0, 0.05) is 45.0 Å². The molecule has 0 bridgehead atoms. The lowest BCUT2D eigenvalue weighted by Crippen LogP contribution is -2.40. The van der Waals surface area contributed by atoms with Crippen molar-refractivity contribution in [2.45, 2.75) is 32.7 Å². The highest BCUT2D eigenvalue weighted by Crippen LogP contribution is 2.20. The standard InChI is InChI=1S/C21H30N4O2.HI/c1-3-22-21(25(2)12-9-17-10-13-26-14-11-17)23-16-19-15-20(27-24-19)18-7-5-4-6-8-18;/h4-8,15,17H,3,9-14,16H2,1-2H3,(H,22,23);1H. The van der Waals surface area contributed by atoms with E-state index in [0.29, 0.717) is 6.54 Å². The molecule has 0 amide bonds. The van der Waals surface area contributed by atoms with Gasteiger partial charge in [0.25, 0.3) is 0 Å². The first-order valence-electron chi connectivity index (χ1n) is 9.84. The van der Waals surface area contributed by atoms with Gasteiger partial charge >= 0.3 is 0 Å². The summed E-state index contributed by atoms with van der Waals surface area (Å²) >= 11 is 0. The molecule has 1 aromatic heterocycles. The molecule has 154 valence electrons. The number of nitrogens with zero attached hydrogens (tertiary/aromatic N) is 3. The minimum Gasteiger partial charge on any atom is -0.381 e. The van der Waals surface area contributed by atoms with Crippen molar-refractivity contribution < 1.29 is 9.26 Å². The number of halogens is 1. The maximum Gasteiger partial charge on any atom is 0.194 e. The second-order valence-corrected chi connectivity index (χ2v) is 6.98. The summed E-state index contributed by atoms with van der Waals surface area (Å²) in [6, 6.07) is 12.0. The second kappa shape index (κ2) is 12.1. The molecular weight excluding hydrogens is 467 g/mol. The van der Waals surface area contributed by atoms with Gasteiger partial charge in [0.1, 0.15) is 5.69 Å². The maximum atomic E-state index is 5.47. The normalized spacial score (nSPS) is 15.1. The van der Waals surface area contributed by atoms with Crippen molar-refractivity contribution in [2.75, 3.05) is 33.4 Å². The van der Waals surface area contributed by atoms with Crippen LogP contribution in [0.3, 0.4) is 0 Å². The van der Waals surface area contributed by atoms with Crippen molar-refractivity contribution in [2.24, 2.45) is 10.9 Å². The number of nitrogens with one attached hydrogen (secondary N) is 1. The van der Waals surface area contributed by atoms with Crippen LogP contribution < -0.4 is 5.32 Å². The van der Waals surface area contributed by atoms with E-state index in [-0.39, 0.29) is 24.0 Å². The summed E-state index contributed by atoms with van der Waals surface area (Å²) in [4.78, 5) is 6.94. The lowest BCUT2D eigenvalue weighted by atomic mass is 9.96. The molecule has 28 heavy (non-hydrogen) atoms. The van der Waals surface area contributed by atoms with Crippen LogP contribution in [0.2, 0.25) is 0 Å². The molecule has 0 atom stereocenters. The molecule has 1 fully saturated rings. The lowest BCUT2D eigenvalue weighted by Gasteiger charge is -2.26. The Morgan fingerprint density at radius 3 is 2.71 bits per heavy atom. The van der Waals surface area contributed by atoms with Gasteiger partial charge in [-0.2, -0.15) is 0 Å². The average Bonchev–Trinajstić information content (AvgIpc) is 3.20. The number of hydrogen-bond donors (Lipinski definition) is 1. The number of rotatable bonds is 7. The van der Waals surface area contributed by atoms with Crippen molar-refractivity contribution in [1.29, 1.82) is 0 Å². The van der Waals surface area contributed by atoms with E-state index in [9.17, 15) is 0 Å². The summed E-state index contributed by atoms with van der Waals surface area (Å²) in [5.41, 5.74) is 1.86. The third-order valence-electron chi connectivity index (χ3n) is 4.92. The Morgan fingerprint density at radius 1 is 1.25 bits per heavy atom. The minimum atomic E-state index is 0. The van der Waals surface area contributed by atoms with E-state index in [4.69, 9.17) is 14.3 Å². The maximum absolute atomic E-state index is 5.47. The van der Waals surface area contributed by atoms with E-state index >= 15 is 0 Å². The van der Waals surface area contributed by atoms with Gasteiger partial charge < -0.3 is 19.5 Å². The zero-order valence-electron chi connectivity index (χ0n) is 16.8. The van der Waals surface area contributed by atoms with E-state index in [1.165, 1.54) is 19.3 Å². The summed E-state index contributed by atoms with van der Waals surface area (Å²) in [6.07, 6.45) is 3.51. The molecule has 0 unspecified atom stereocenters. The van der Waals surface area contributed by atoms with Crippen LogP contribution in [-0.2, 0) is 11.3 Å². The van der Waals surface area contributed by atoms with Gasteiger partial charge in [-0.3, -0.25) is 0 Å². The Bertz CT molecular complexity index is 714. The third kappa shape index (κ3) is 6.77. The fraction of sp³-hybridized carbons (Fsp3) is 0.524. The molecule has 0 spiro atoms. The van der Waals surface area contributed by atoms with Crippen molar-refractivity contribution in [3.05, 3.63) is 42.1 Å². The van der Waals surface area contributed by atoms with Crippen LogP contribution >= 0.6 is 24.0 Å². The zero-order valence-corrected chi connectivity index (χ0v) is 19.1. The predicted molar refractivity (Wildman–Crippen MR) is 123 cm³/mol. The second-order valence-electron chi connectivity index (χ2n) is 6.98. The largest absolute Gasteiger partial charge is 0.381 e. The Hall–Kier alpha value is -1.61. The molecule has 1 saturated heterocycles. The fourth-order valence-electron chi connectivity index (χ4n) is 3.27. The first-order chi connectivity index (χ1) is 13.3. The van der Waals surface area contributed by atoms with Crippen molar-refractivity contribution in [1.82, 2.24) is 15.4 Å². The molecule has 1 aromatic carbocycles. The minimum absolute atomic E-state index is 0. The highest BCUT2D eigenvalue weighted by Gasteiger charge is 2.15. The van der Waals surface area contributed by atoms with E-state index in [1.807, 2.05) is 36.4 Å². The van der Waals surface area contributed by atoms with Crippen LogP contribution in [0.15, 0.2) is 45.9 Å². The molecule has 2 heterocycles. The Balaban J connectivity index is 0.00000280. The van der Waals surface area contributed by atoms with Crippen molar-refractivity contribution in [3.63, 3.8) is 0 Å². The molecule has 0 radical (unpaired) electrons. The highest BCUT2D eigenvalue weighted by atomic mass is 127. The molecule has 0 aliphatic carbocycles. The Kier molecular flexibility index (Phi) is 9.77. The number of ether oxygens (including phenoxy) is 1. The predicted octanol–water partition coefficient (Wildman–Crippen LogP) is 4.17. The van der Waals surface area contributed by atoms with E-state index in [1.54, 1.807) is 0 Å². The van der Waals surface area contributed by atoms with Crippen molar-refractivity contribution in [3.8, 4) is 11.3 Å². The quantitative estimate of drug-likeness (QED) is 0.353. The third-order valence-corrected chi connectivity index (χ3v) is 4.92. The topological polar surface area (TPSA) is 62.9 Å². The molecule has 7 heteroatoms. The van der Waals surface area contributed by atoms with Crippen LogP contribution in [0, 0.1) is 5.92 Å². The molecule has 3 rings (SSSR count). The summed E-state index contributed by atoms with van der Waals surface area (Å²) in [5.74, 6) is 2.44. The summed E-state index contributed by atoms with van der Waals surface area (Å²) in [7, 11) is 2.10. The van der Waals surface area contributed by atoms with Crippen LogP contribution in [-0.4, -0.2) is 49.4 Å². The fourth-order valence-corrected chi connectivity index (χ4v) is 3.27. The van der Waals surface area contributed by atoms with Gasteiger partial charge in [0.05, 0.1) is 6.54 Å². The summed E-state index contributed by atoms with van der Waals surface area (Å²) in [6.45, 7) is 6.22. The first-order valence-corrected chi connectivity index (χ1v) is 9.84. The van der Waals surface area contributed by atoms with Crippen LogP contribution in [0.4, 0.5) is 0 Å². The molecule has 1 aliphatic rings. The van der Waals surface area contributed by atoms with E-state index in [2.05, 4.69) is 29.3 Å². The Morgan fingerprint density at radius 2 is 2.00 bits per heavy atom. The Labute approximate surface area is 184 Å². The molecule has 6 nitrogen and oxygen atoms in total. The van der Waals surface area contributed by atoms with Gasteiger partial charge in [-0.05, 0) is 32.1 Å². The molecular formula is C21H31IN4O2. The highest BCUT2D eigenvalue weighted by molar-refractivity contribution is 14.0. The number of guanidine groups is 1.